The minimum Gasteiger partial charge on any atom is -0.417 e. The normalized spacial score (nSPS) is 10.5. The number of hydrogen-bond donors (Lipinski definition) is 1. The van der Waals surface area contributed by atoms with Gasteiger partial charge in [-0.3, -0.25) is 14.9 Å². The predicted molar refractivity (Wildman–Crippen MR) is 86.3 cm³/mol. The number of nitrogens with one attached hydrogen (secondary N) is 1. The summed E-state index contributed by atoms with van der Waals surface area (Å²) in [5.74, 6) is -1.02. The van der Waals surface area contributed by atoms with E-state index in [1.165, 1.54) is 36.5 Å². The lowest BCUT2D eigenvalue weighted by atomic mass is 10.1. The van der Waals surface area contributed by atoms with Crippen molar-refractivity contribution >= 4 is 39.7 Å². The average Bonchev–Trinajstić information content (AvgIpc) is 2.56. The first-order chi connectivity index (χ1) is 11.5. The van der Waals surface area contributed by atoms with E-state index in [-0.39, 0.29) is 33.1 Å². The number of nitrogens with zero attached hydrogens (tertiary/aromatic N) is 2. The van der Waals surface area contributed by atoms with Gasteiger partial charge in [-0.2, -0.15) is 0 Å². The van der Waals surface area contributed by atoms with Crippen LogP contribution in [0.5, 0.6) is 0 Å². The average molecular weight is 346 g/mol. The Morgan fingerprint density at radius 3 is 2.79 bits per heavy atom. The van der Waals surface area contributed by atoms with E-state index in [1.54, 1.807) is 6.07 Å². The molecule has 2 aromatic heterocycles. The van der Waals surface area contributed by atoms with Gasteiger partial charge in [0.1, 0.15) is 0 Å². The smallest absolute Gasteiger partial charge is 0.344 e. The Balaban J connectivity index is 2.03. The highest BCUT2D eigenvalue weighted by Gasteiger charge is 2.16. The third kappa shape index (κ3) is 2.95. The number of non-ortho nitro benzene ring substituents is 1. The van der Waals surface area contributed by atoms with Crippen molar-refractivity contribution in [3.63, 3.8) is 0 Å². The number of hydrogen-bond acceptors (Lipinski definition) is 6. The van der Waals surface area contributed by atoms with Crippen LogP contribution in [0.3, 0.4) is 0 Å². The molecule has 0 atom stereocenters. The van der Waals surface area contributed by atoms with Gasteiger partial charge in [-0.15, -0.1) is 0 Å². The molecule has 1 N–H and O–H groups in total. The zero-order valence-electron chi connectivity index (χ0n) is 11.9. The van der Waals surface area contributed by atoms with Crippen molar-refractivity contribution in [1.29, 1.82) is 0 Å². The monoisotopic (exact) mass is 345 g/mol. The fourth-order valence-corrected chi connectivity index (χ4v) is 2.24. The highest BCUT2D eigenvalue weighted by molar-refractivity contribution is 6.32. The van der Waals surface area contributed by atoms with Gasteiger partial charge in [-0.1, -0.05) is 11.6 Å². The number of halogens is 1. The molecule has 0 saturated heterocycles. The van der Waals surface area contributed by atoms with Crippen LogP contribution in [0.2, 0.25) is 5.15 Å². The summed E-state index contributed by atoms with van der Waals surface area (Å²) in [6.45, 7) is 0. The number of rotatable bonds is 3. The number of fused-ring (bicyclic) bond motifs is 1. The molecule has 1 aromatic carbocycles. The van der Waals surface area contributed by atoms with Crippen LogP contribution in [-0.2, 0) is 0 Å². The van der Waals surface area contributed by atoms with Gasteiger partial charge in [-0.25, -0.2) is 9.78 Å². The van der Waals surface area contributed by atoms with E-state index in [0.29, 0.717) is 0 Å². The van der Waals surface area contributed by atoms with E-state index < -0.39 is 16.5 Å². The molecule has 8 nitrogen and oxygen atoms in total. The van der Waals surface area contributed by atoms with Gasteiger partial charge in [-0.05, 0) is 29.7 Å². The second-order valence-corrected chi connectivity index (χ2v) is 5.08. The van der Waals surface area contributed by atoms with Crippen LogP contribution >= 0.6 is 11.6 Å². The van der Waals surface area contributed by atoms with Gasteiger partial charge in [0.25, 0.3) is 11.6 Å². The first-order valence-electron chi connectivity index (χ1n) is 6.60. The summed E-state index contributed by atoms with van der Waals surface area (Å²) in [7, 11) is 0. The summed E-state index contributed by atoms with van der Waals surface area (Å²) in [4.78, 5) is 38.2. The molecule has 0 aliphatic heterocycles. The Morgan fingerprint density at radius 1 is 1.29 bits per heavy atom. The fraction of sp³-hybridized carbons (Fsp3) is 0. The van der Waals surface area contributed by atoms with Crippen LogP contribution in [0.1, 0.15) is 10.6 Å². The third-order valence-corrected chi connectivity index (χ3v) is 3.49. The SMILES string of the molecule is O=C(Nc1cccnc1Cl)c1cc2cc([N+](=O)[O-])ccc2c(=O)o1. The van der Waals surface area contributed by atoms with Crippen LogP contribution in [0.4, 0.5) is 11.4 Å². The molecular weight excluding hydrogens is 338 g/mol. The molecule has 0 fully saturated rings. The van der Waals surface area contributed by atoms with Gasteiger partial charge in [0.15, 0.2) is 10.9 Å². The standard InChI is InChI=1S/C15H8ClN3O5/c16-13-11(2-1-5-17-13)18-14(20)12-7-8-6-9(19(22)23)3-4-10(8)15(21)24-12/h1-7H,(H,18,20). The quantitative estimate of drug-likeness (QED) is 0.443. The Labute approximate surface area is 138 Å². The molecule has 0 spiro atoms. The Kier molecular flexibility index (Phi) is 3.97. The van der Waals surface area contributed by atoms with Gasteiger partial charge >= 0.3 is 5.63 Å². The molecule has 0 aliphatic rings. The van der Waals surface area contributed by atoms with E-state index in [1.807, 2.05) is 0 Å². The van der Waals surface area contributed by atoms with Crippen molar-refractivity contribution < 1.29 is 14.1 Å². The first kappa shape index (κ1) is 15.6. The zero-order valence-corrected chi connectivity index (χ0v) is 12.6. The highest BCUT2D eigenvalue weighted by atomic mass is 35.5. The van der Waals surface area contributed by atoms with Crippen molar-refractivity contribution in [1.82, 2.24) is 4.98 Å². The lowest BCUT2D eigenvalue weighted by Gasteiger charge is -2.06. The molecule has 3 aromatic rings. The van der Waals surface area contributed by atoms with Crippen LogP contribution in [0.15, 0.2) is 51.8 Å². The molecule has 1 amide bonds. The molecule has 0 unspecified atom stereocenters. The van der Waals surface area contributed by atoms with Gasteiger partial charge in [0.05, 0.1) is 16.0 Å². The number of carbonyl (C=O) groups is 1. The van der Waals surface area contributed by atoms with Gasteiger partial charge in [0.2, 0.25) is 0 Å². The molecule has 0 aliphatic carbocycles. The number of anilines is 1. The number of benzene rings is 1. The summed E-state index contributed by atoms with van der Waals surface area (Å²) in [5.41, 5.74) is -0.731. The minimum atomic E-state index is -0.773. The minimum absolute atomic E-state index is 0.0737. The molecule has 9 heteroatoms. The van der Waals surface area contributed by atoms with Gasteiger partial charge in [0, 0.05) is 18.3 Å². The summed E-state index contributed by atoms with van der Waals surface area (Å²) < 4.78 is 4.96. The zero-order chi connectivity index (χ0) is 17.3. The van der Waals surface area contributed by atoms with E-state index in [0.717, 1.165) is 0 Å². The second-order valence-electron chi connectivity index (χ2n) is 4.72. The largest absolute Gasteiger partial charge is 0.417 e. The Bertz CT molecular complexity index is 1030. The molecule has 120 valence electrons. The summed E-state index contributed by atoms with van der Waals surface area (Å²) >= 11 is 5.84. The van der Waals surface area contributed by atoms with Crippen molar-refractivity contribution in [3.05, 3.63) is 74.0 Å². The van der Waals surface area contributed by atoms with E-state index in [4.69, 9.17) is 16.0 Å². The fourth-order valence-electron chi connectivity index (χ4n) is 2.07. The van der Waals surface area contributed by atoms with E-state index in [9.17, 15) is 19.7 Å². The summed E-state index contributed by atoms with van der Waals surface area (Å²) in [6.07, 6.45) is 1.45. The third-order valence-electron chi connectivity index (χ3n) is 3.19. The van der Waals surface area contributed by atoms with Crippen LogP contribution in [-0.4, -0.2) is 15.8 Å². The summed E-state index contributed by atoms with van der Waals surface area (Å²) in [5, 5.41) is 13.7. The van der Waals surface area contributed by atoms with Crippen molar-refractivity contribution in [3.8, 4) is 0 Å². The predicted octanol–water partition coefficient (Wildman–Crippen LogP) is 3.00. The van der Waals surface area contributed by atoms with E-state index in [2.05, 4.69) is 10.3 Å². The maximum Gasteiger partial charge on any atom is 0.344 e. The topological polar surface area (TPSA) is 115 Å². The molecule has 3 rings (SSSR count). The second kappa shape index (κ2) is 6.09. The maximum absolute atomic E-state index is 12.2. The Morgan fingerprint density at radius 2 is 2.08 bits per heavy atom. The highest BCUT2D eigenvalue weighted by Crippen LogP contribution is 2.21. The lowest BCUT2D eigenvalue weighted by molar-refractivity contribution is -0.384. The molecule has 24 heavy (non-hydrogen) atoms. The molecular formula is C15H8ClN3O5. The van der Waals surface area contributed by atoms with E-state index >= 15 is 0 Å². The number of pyridine rings is 1. The molecule has 0 bridgehead atoms. The number of aromatic nitrogens is 1. The van der Waals surface area contributed by atoms with Crippen molar-refractivity contribution in [2.75, 3.05) is 5.32 Å². The van der Waals surface area contributed by atoms with Crippen LogP contribution in [0, 0.1) is 10.1 Å². The molecule has 0 radical (unpaired) electrons. The summed E-state index contributed by atoms with van der Waals surface area (Å²) in [6, 6.07) is 8.01. The molecule has 2 heterocycles. The lowest BCUT2D eigenvalue weighted by Crippen LogP contribution is -2.15. The van der Waals surface area contributed by atoms with Crippen molar-refractivity contribution in [2.45, 2.75) is 0 Å². The van der Waals surface area contributed by atoms with Gasteiger partial charge < -0.3 is 9.73 Å². The number of nitro benzene ring substituents is 1. The molecule has 0 saturated carbocycles. The maximum atomic E-state index is 12.2. The first-order valence-corrected chi connectivity index (χ1v) is 6.97. The number of nitro groups is 1. The van der Waals surface area contributed by atoms with Crippen LogP contribution in [0.25, 0.3) is 10.8 Å². The number of carbonyl (C=O) groups excluding carboxylic acids is 1. The van der Waals surface area contributed by atoms with Crippen molar-refractivity contribution in [2.24, 2.45) is 0 Å². The van der Waals surface area contributed by atoms with Crippen LogP contribution < -0.4 is 10.9 Å². The number of amides is 1. The Hall–Kier alpha value is -3.26.